The van der Waals surface area contributed by atoms with Gasteiger partial charge in [-0.15, -0.1) is 0 Å². The fraction of sp³-hybridized carbons (Fsp3) is 0.467. The van der Waals surface area contributed by atoms with Crippen molar-refractivity contribution in [3.05, 3.63) is 178 Å². The van der Waals surface area contributed by atoms with Gasteiger partial charge < -0.3 is 28.8 Å². The predicted octanol–water partition coefficient (Wildman–Crippen LogP) is 26.1. The van der Waals surface area contributed by atoms with E-state index in [1.807, 2.05) is 6.07 Å². The molecule has 0 aliphatic rings. The van der Waals surface area contributed by atoms with E-state index >= 15 is 8.78 Å². The highest BCUT2D eigenvalue weighted by molar-refractivity contribution is 6.85. The van der Waals surface area contributed by atoms with Crippen LogP contribution in [0, 0.1) is 22.5 Å². The molecule has 0 radical (unpaired) electrons. The Morgan fingerprint density at radius 1 is 0.374 bits per heavy atom. The Hall–Kier alpha value is -7.36. The summed E-state index contributed by atoms with van der Waals surface area (Å²) in [6.45, 7) is 63.2. The average molecular weight is 1360 g/mol. The van der Waals surface area contributed by atoms with Crippen molar-refractivity contribution in [1.29, 1.82) is 0 Å². The Bertz CT molecular complexity index is 4590. The number of fused-ring (bicyclic) bond motifs is 6. The molecular weight excluding hydrogens is 1240 g/mol. The molecule has 8 aromatic carbocycles. The summed E-state index contributed by atoms with van der Waals surface area (Å²) < 4.78 is 52.5. The van der Waals surface area contributed by atoms with Crippen molar-refractivity contribution in [2.24, 2.45) is 10.8 Å². The molecule has 0 aliphatic carbocycles. The van der Waals surface area contributed by atoms with Gasteiger partial charge in [-0.25, -0.2) is 8.78 Å². The van der Waals surface area contributed by atoms with Crippen LogP contribution in [-0.4, -0.2) is 39.9 Å². The van der Waals surface area contributed by atoms with Crippen LogP contribution in [0.3, 0.4) is 0 Å². The SMILES string of the molecule is CC(C)(C)CC(C)(C)c1cc(-c2cc(F)ccc2OC[Si](COc2c(C(C)(C)CC(C)(C)C)cc(-n3c4ccc(C(C)(C)C)cc4c4cc(C(C)(C)C)ccc43)c(O)c2-c2cccc(F)c2)(C(C)(C)C)C(C)(C)C)c(O)c(-n2c3ccc(C(C)(C)C)cc3c3cc(C(C)(C)C)ccc32)c1. The second-order valence-corrected chi connectivity index (χ2v) is 44.8. The van der Waals surface area contributed by atoms with Crippen LogP contribution in [0.25, 0.3) is 77.2 Å². The molecule has 0 fully saturated rings. The highest BCUT2D eigenvalue weighted by Crippen LogP contribution is 2.57. The largest absolute Gasteiger partial charge is 0.505 e. The van der Waals surface area contributed by atoms with Gasteiger partial charge in [0, 0.05) is 38.2 Å². The van der Waals surface area contributed by atoms with Gasteiger partial charge in [0.25, 0.3) is 0 Å². The topological polar surface area (TPSA) is 68.8 Å². The normalized spacial score (nSPS) is 13.8. The van der Waals surface area contributed by atoms with Crippen LogP contribution in [0.15, 0.2) is 133 Å². The zero-order chi connectivity index (χ0) is 73.5. The standard InChI is InChI=1S/C90H116F2N2O4Si/c1-81(2,3)51-89(25,26)60-47-68(78(95)74(48-60)93-70-37-32-56(83(7,8)9)43-63(70)64-44-57(84(10,11)12)33-38-71(64)93)67-49-62(92)36-41-76(67)97-53-99(87(19,20)21,88(22,23)24)54-98-80-69(90(27,28)52-82(4,5)6)50-75(79(96)77(80)55-30-29-31-61(91)42-55)94-72-39-34-58(85(13,14)15)45-65(72)66-46-59(86(16,17)18)35-40-73(66)94/h29-50,95-96H,51-54H2,1-28H3. The summed E-state index contributed by atoms with van der Waals surface area (Å²) in [6.07, 6.45) is 2.03. The van der Waals surface area contributed by atoms with E-state index in [0.717, 1.165) is 67.6 Å². The third-order valence-corrected chi connectivity index (χ3v) is 28.4. The van der Waals surface area contributed by atoms with E-state index in [1.165, 1.54) is 46.5 Å². The Labute approximate surface area is 593 Å². The minimum absolute atomic E-state index is 0.0154. The number of ether oxygens (including phenoxy) is 2. The molecule has 0 amide bonds. The monoisotopic (exact) mass is 1350 g/mol. The van der Waals surface area contributed by atoms with Crippen molar-refractivity contribution in [2.75, 3.05) is 12.5 Å². The molecule has 10 aromatic rings. The van der Waals surface area contributed by atoms with E-state index < -0.39 is 40.6 Å². The summed E-state index contributed by atoms with van der Waals surface area (Å²) in [5, 5.41) is 30.7. The number of hydrogen-bond acceptors (Lipinski definition) is 4. The van der Waals surface area contributed by atoms with Crippen molar-refractivity contribution in [1.82, 2.24) is 9.13 Å². The van der Waals surface area contributed by atoms with Crippen LogP contribution in [0.4, 0.5) is 8.78 Å². The van der Waals surface area contributed by atoms with Gasteiger partial charge in [-0.1, -0.05) is 230 Å². The van der Waals surface area contributed by atoms with Crippen molar-refractivity contribution in [3.8, 4) is 56.6 Å². The smallest absolute Gasteiger partial charge is 0.152 e. The number of phenolic OH excluding ortho intramolecular Hbond substituents is 2. The second kappa shape index (κ2) is 25.0. The van der Waals surface area contributed by atoms with Gasteiger partial charge >= 0.3 is 0 Å². The molecule has 6 nitrogen and oxygen atoms in total. The first-order chi connectivity index (χ1) is 45.2. The summed E-state index contributed by atoms with van der Waals surface area (Å²) in [5.41, 5.74) is 11.8. The van der Waals surface area contributed by atoms with Gasteiger partial charge in [0.1, 0.15) is 28.9 Å². The fourth-order valence-electron chi connectivity index (χ4n) is 16.3. The van der Waals surface area contributed by atoms with E-state index in [2.05, 4.69) is 294 Å². The first kappa shape index (κ1) is 74.3. The quantitative estimate of drug-likeness (QED) is 0.106. The van der Waals surface area contributed by atoms with E-state index in [-0.39, 0.29) is 56.4 Å². The maximum Gasteiger partial charge on any atom is 0.152 e. The zero-order valence-corrected chi connectivity index (χ0v) is 66.4. The lowest BCUT2D eigenvalue weighted by Crippen LogP contribution is -2.61. The van der Waals surface area contributed by atoms with E-state index in [1.54, 1.807) is 12.1 Å². The molecule has 10 rings (SSSR count). The number of phenols is 2. The van der Waals surface area contributed by atoms with E-state index in [9.17, 15) is 10.2 Å². The van der Waals surface area contributed by atoms with Crippen LogP contribution in [0.2, 0.25) is 10.1 Å². The lowest BCUT2D eigenvalue weighted by Gasteiger charge is -2.51. The molecule has 2 N–H and O–H groups in total. The van der Waals surface area contributed by atoms with Crippen molar-refractivity contribution in [2.45, 2.75) is 249 Å². The van der Waals surface area contributed by atoms with Gasteiger partial charge in [-0.2, -0.15) is 0 Å². The summed E-state index contributed by atoms with van der Waals surface area (Å²) in [5.74, 6) is 0.0369. The zero-order valence-electron chi connectivity index (χ0n) is 65.4. The maximum absolute atomic E-state index is 16.6. The number of halogens is 2. The third-order valence-electron chi connectivity index (χ3n) is 21.4. The Balaban J connectivity index is 1.19. The van der Waals surface area contributed by atoms with E-state index in [4.69, 9.17) is 9.47 Å². The molecule has 0 saturated heterocycles. The number of rotatable bonds is 14. The Morgan fingerprint density at radius 2 is 0.768 bits per heavy atom. The molecule has 9 heteroatoms. The number of aromatic nitrogens is 2. The van der Waals surface area contributed by atoms with Crippen LogP contribution < -0.4 is 9.47 Å². The first-order valence-electron chi connectivity index (χ1n) is 36.0. The van der Waals surface area contributed by atoms with Crippen molar-refractivity contribution < 1.29 is 28.5 Å². The highest BCUT2D eigenvalue weighted by atomic mass is 28.3. The molecule has 0 atom stereocenters. The van der Waals surface area contributed by atoms with Crippen molar-refractivity contribution >= 4 is 51.7 Å². The van der Waals surface area contributed by atoms with Crippen molar-refractivity contribution in [3.63, 3.8) is 0 Å². The number of aromatic hydroxyl groups is 2. The molecular formula is C90H116F2N2O4Si. The lowest BCUT2D eigenvalue weighted by atomic mass is 9.71. The van der Waals surface area contributed by atoms with Gasteiger partial charge in [0.05, 0.1) is 51.5 Å². The molecule has 2 aromatic heterocycles. The Morgan fingerprint density at radius 3 is 1.16 bits per heavy atom. The van der Waals surface area contributed by atoms with E-state index in [0.29, 0.717) is 45.1 Å². The Kier molecular flexibility index (Phi) is 18.8. The van der Waals surface area contributed by atoms with Gasteiger partial charge in [0.15, 0.2) is 13.8 Å². The molecule has 0 bridgehead atoms. The molecule has 0 spiro atoms. The molecule has 0 unspecified atom stereocenters. The number of nitrogens with zero attached hydrogens (tertiary/aromatic N) is 2. The summed E-state index contributed by atoms with van der Waals surface area (Å²) in [7, 11) is -3.16. The average Bonchev–Trinajstić information content (AvgIpc) is 1.63. The lowest BCUT2D eigenvalue weighted by molar-refractivity contribution is 0.271. The number of benzene rings is 8. The molecule has 99 heavy (non-hydrogen) atoms. The summed E-state index contributed by atoms with van der Waals surface area (Å²) in [6, 6.07) is 44.5. The predicted molar refractivity (Wildman–Crippen MR) is 421 cm³/mol. The number of hydrogen-bond donors (Lipinski definition) is 2. The summed E-state index contributed by atoms with van der Waals surface area (Å²) >= 11 is 0. The summed E-state index contributed by atoms with van der Waals surface area (Å²) in [4.78, 5) is 0. The molecule has 2 heterocycles. The van der Waals surface area contributed by atoms with Crippen LogP contribution in [0.5, 0.6) is 23.0 Å². The second-order valence-electron chi connectivity index (χ2n) is 39.0. The first-order valence-corrected chi connectivity index (χ1v) is 38.4. The van der Waals surface area contributed by atoms with Crippen LogP contribution >= 0.6 is 0 Å². The molecule has 0 aliphatic heterocycles. The molecule has 528 valence electrons. The minimum Gasteiger partial charge on any atom is -0.505 e. The highest BCUT2D eigenvalue weighted by Gasteiger charge is 2.55. The van der Waals surface area contributed by atoms with Gasteiger partial charge in [0.2, 0.25) is 0 Å². The van der Waals surface area contributed by atoms with Crippen LogP contribution in [-0.2, 0) is 32.5 Å². The third kappa shape index (κ3) is 14.5. The fourth-order valence-corrected chi connectivity index (χ4v) is 21.2. The molecule has 0 saturated carbocycles. The van der Waals surface area contributed by atoms with Crippen LogP contribution in [0.1, 0.15) is 240 Å². The van der Waals surface area contributed by atoms with Gasteiger partial charge in [-0.3, -0.25) is 0 Å². The van der Waals surface area contributed by atoms with Gasteiger partial charge in [-0.05, 0) is 197 Å². The maximum atomic E-state index is 16.6. The minimum atomic E-state index is -3.16.